The number of urea groups is 1. The van der Waals surface area contributed by atoms with E-state index in [4.69, 9.17) is 19.6 Å². The Morgan fingerprint density at radius 2 is 1.63 bits per heavy atom. The van der Waals surface area contributed by atoms with E-state index in [1.807, 2.05) is 0 Å². The SMILES string of the molecule is COc1cc(OC)c(C2NC(=O)NC2=N)cc1OC. The Hall–Kier alpha value is -2.44. The predicted molar refractivity (Wildman–Crippen MR) is 68.2 cm³/mol. The molecule has 2 rings (SSSR count). The molecule has 0 aliphatic carbocycles. The minimum Gasteiger partial charge on any atom is -0.496 e. The van der Waals surface area contributed by atoms with E-state index in [9.17, 15) is 4.79 Å². The first-order chi connectivity index (χ1) is 9.10. The van der Waals surface area contributed by atoms with Crippen molar-refractivity contribution in [2.45, 2.75) is 6.04 Å². The van der Waals surface area contributed by atoms with Crippen molar-refractivity contribution in [3.8, 4) is 17.2 Å². The predicted octanol–water partition coefficient (Wildman–Crippen LogP) is 1.04. The number of carbonyl (C=O) groups is 1. The number of rotatable bonds is 4. The van der Waals surface area contributed by atoms with Crippen LogP contribution in [0.15, 0.2) is 12.1 Å². The summed E-state index contributed by atoms with van der Waals surface area (Å²) in [7, 11) is 4.56. The van der Waals surface area contributed by atoms with E-state index in [-0.39, 0.29) is 5.84 Å². The minimum absolute atomic E-state index is 0.0653. The summed E-state index contributed by atoms with van der Waals surface area (Å²) in [5, 5.41) is 12.8. The van der Waals surface area contributed by atoms with E-state index in [1.165, 1.54) is 21.3 Å². The lowest BCUT2D eigenvalue weighted by Crippen LogP contribution is -2.22. The van der Waals surface area contributed by atoms with Crippen molar-refractivity contribution >= 4 is 11.9 Å². The number of nitrogens with one attached hydrogen (secondary N) is 3. The van der Waals surface area contributed by atoms with Crippen molar-refractivity contribution in [3.05, 3.63) is 17.7 Å². The molecule has 102 valence electrons. The Kier molecular flexibility index (Phi) is 3.46. The smallest absolute Gasteiger partial charge is 0.321 e. The van der Waals surface area contributed by atoms with Crippen LogP contribution in [0.4, 0.5) is 4.79 Å². The zero-order valence-electron chi connectivity index (χ0n) is 10.9. The summed E-state index contributed by atoms with van der Waals surface area (Å²) in [5.41, 5.74) is 0.628. The first-order valence-electron chi connectivity index (χ1n) is 5.56. The van der Waals surface area contributed by atoms with E-state index in [1.54, 1.807) is 12.1 Å². The van der Waals surface area contributed by atoms with Gasteiger partial charge in [-0.1, -0.05) is 0 Å². The van der Waals surface area contributed by atoms with Crippen molar-refractivity contribution in [1.29, 1.82) is 5.41 Å². The summed E-state index contributed by atoms with van der Waals surface area (Å²) in [6, 6.07) is 2.35. The second kappa shape index (κ2) is 5.05. The summed E-state index contributed by atoms with van der Waals surface area (Å²) in [6.45, 7) is 0. The number of carbonyl (C=O) groups excluding carboxylic acids is 1. The molecule has 0 saturated carbocycles. The molecule has 1 aliphatic heterocycles. The maximum atomic E-state index is 11.3. The fourth-order valence-electron chi connectivity index (χ4n) is 1.95. The van der Waals surface area contributed by atoms with Gasteiger partial charge >= 0.3 is 6.03 Å². The fourth-order valence-corrected chi connectivity index (χ4v) is 1.95. The Morgan fingerprint density at radius 3 is 2.11 bits per heavy atom. The first-order valence-corrected chi connectivity index (χ1v) is 5.56. The van der Waals surface area contributed by atoms with Crippen LogP contribution in [0.25, 0.3) is 0 Å². The third-order valence-electron chi connectivity index (χ3n) is 2.86. The molecule has 0 spiro atoms. The number of hydrogen-bond donors (Lipinski definition) is 3. The number of benzene rings is 1. The van der Waals surface area contributed by atoms with Crippen LogP contribution >= 0.6 is 0 Å². The highest BCUT2D eigenvalue weighted by Gasteiger charge is 2.31. The highest BCUT2D eigenvalue weighted by molar-refractivity contribution is 6.06. The lowest BCUT2D eigenvalue weighted by molar-refractivity contribution is 0.248. The molecule has 7 nitrogen and oxygen atoms in total. The van der Waals surface area contributed by atoms with Gasteiger partial charge in [0.25, 0.3) is 0 Å². The summed E-state index contributed by atoms with van der Waals surface area (Å²) >= 11 is 0. The van der Waals surface area contributed by atoms with Gasteiger partial charge in [0.05, 0.1) is 21.3 Å². The average Bonchev–Trinajstić information content (AvgIpc) is 2.75. The molecule has 0 bridgehead atoms. The van der Waals surface area contributed by atoms with Crippen molar-refractivity contribution < 1.29 is 19.0 Å². The van der Waals surface area contributed by atoms with Crippen molar-refractivity contribution in [2.75, 3.05) is 21.3 Å². The van der Waals surface area contributed by atoms with Gasteiger partial charge in [-0.15, -0.1) is 0 Å². The maximum absolute atomic E-state index is 11.3. The van der Waals surface area contributed by atoms with Crippen LogP contribution in [-0.4, -0.2) is 33.2 Å². The summed E-state index contributed by atoms with van der Waals surface area (Å²) < 4.78 is 15.7. The molecule has 1 aliphatic rings. The molecule has 1 heterocycles. The van der Waals surface area contributed by atoms with Crippen molar-refractivity contribution in [2.24, 2.45) is 0 Å². The monoisotopic (exact) mass is 265 g/mol. The third kappa shape index (κ3) is 2.26. The molecule has 7 heteroatoms. The summed E-state index contributed by atoms with van der Waals surface area (Å²) in [5.74, 6) is 1.60. The van der Waals surface area contributed by atoms with E-state index in [0.29, 0.717) is 22.8 Å². The maximum Gasteiger partial charge on any atom is 0.321 e. The second-order valence-electron chi connectivity index (χ2n) is 3.89. The molecular formula is C12H15N3O4. The Bertz CT molecular complexity index is 530. The Labute approximate surface area is 110 Å². The van der Waals surface area contributed by atoms with Crippen LogP contribution in [0.1, 0.15) is 11.6 Å². The zero-order valence-corrected chi connectivity index (χ0v) is 10.9. The second-order valence-corrected chi connectivity index (χ2v) is 3.89. The molecular weight excluding hydrogens is 250 g/mol. The van der Waals surface area contributed by atoms with Crippen LogP contribution < -0.4 is 24.8 Å². The van der Waals surface area contributed by atoms with Crippen LogP contribution in [0, 0.1) is 5.41 Å². The molecule has 1 unspecified atom stereocenters. The van der Waals surface area contributed by atoms with E-state index in [0.717, 1.165) is 0 Å². The normalized spacial score (nSPS) is 17.7. The van der Waals surface area contributed by atoms with Gasteiger partial charge in [0.1, 0.15) is 17.6 Å². The van der Waals surface area contributed by atoms with Gasteiger partial charge < -0.3 is 19.5 Å². The number of amides is 2. The number of hydrogen-bond acceptors (Lipinski definition) is 5. The summed E-state index contributed by atoms with van der Waals surface area (Å²) in [4.78, 5) is 11.3. The van der Waals surface area contributed by atoms with Crippen LogP contribution in [0.3, 0.4) is 0 Å². The van der Waals surface area contributed by atoms with E-state index < -0.39 is 12.1 Å². The van der Waals surface area contributed by atoms with Gasteiger partial charge in [-0.25, -0.2) is 4.79 Å². The first kappa shape index (κ1) is 13.0. The highest BCUT2D eigenvalue weighted by atomic mass is 16.5. The van der Waals surface area contributed by atoms with Crippen molar-refractivity contribution in [1.82, 2.24) is 10.6 Å². The van der Waals surface area contributed by atoms with Crippen LogP contribution in [-0.2, 0) is 0 Å². The van der Waals surface area contributed by atoms with Crippen LogP contribution in [0.2, 0.25) is 0 Å². The molecule has 3 N–H and O–H groups in total. The molecule has 0 aromatic heterocycles. The standard InChI is InChI=1S/C12H15N3O4/c1-17-7-5-9(19-3)8(18-2)4-6(7)10-11(13)15-12(16)14-10/h4-5,10H,1-3H3,(H3,13,14,15,16). The molecule has 1 aromatic rings. The van der Waals surface area contributed by atoms with Gasteiger partial charge in [0, 0.05) is 11.6 Å². The van der Waals surface area contributed by atoms with Gasteiger partial charge in [-0.05, 0) is 6.07 Å². The third-order valence-corrected chi connectivity index (χ3v) is 2.86. The number of methoxy groups -OCH3 is 3. The van der Waals surface area contributed by atoms with Gasteiger partial charge in [0.2, 0.25) is 0 Å². The molecule has 0 radical (unpaired) electrons. The quantitative estimate of drug-likeness (QED) is 0.758. The average molecular weight is 265 g/mol. The lowest BCUT2D eigenvalue weighted by atomic mass is 10.0. The summed E-state index contributed by atoms with van der Waals surface area (Å²) in [6.07, 6.45) is 0. The van der Waals surface area contributed by atoms with Crippen LogP contribution in [0.5, 0.6) is 17.2 Å². The van der Waals surface area contributed by atoms with Gasteiger partial charge in [-0.2, -0.15) is 0 Å². The van der Waals surface area contributed by atoms with Crippen molar-refractivity contribution in [3.63, 3.8) is 0 Å². The Balaban J connectivity index is 2.49. The van der Waals surface area contributed by atoms with Gasteiger partial charge in [0.15, 0.2) is 11.5 Å². The molecule has 1 atom stereocenters. The molecule has 2 amide bonds. The number of ether oxygens (including phenoxy) is 3. The molecule has 1 saturated heterocycles. The highest BCUT2D eigenvalue weighted by Crippen LogP contribution is 2.38. The zero-order chi connectivity index (χ0) is 14.0. The topological polar surface area (TPSA) is 92.7 Å². The van der Waals surface area contributed by atoms with Gasteiger partial charge in [-0.3, -0.25) is 10.7 Å². The Morgan fingerprint density at radius 1 is 1.05 bits per heavy atom. The minimum atomic E-state index is -0.581. The van der Waals surface area contributed by atoms with E-state index in [2.05, 4.69) is 10.6 Å². The fraction of sp³-hybridized carbons (Fsp3) is 0.333. The lowest BCUT2D eigenvalue weighted by Gasteiger charge is -2.17. The molecule has 1 fully saturated rings. The van der Waals surface area contributed by atoms with E-state index >= 15 is 0 Å². The molecule has 19 heavy (non-hydrogen) atoms. The number of amidine groups is 1. The molecule has 1 aromatic carbocycles. The largest absolute Gasteiger partial charge is 0.496 e.